The molecule has 3 nitrogen and oxygen atoms in total. The zero-order valence-electron chi connectivity index (χ0n) is 6.22. The second kappa shape index (κ2) is 2.49. The maximum Gasteiger partial charge on any atom is 0.238 e. The van der Waals surface area contributed by atoms with Crippen LogP contribution in [0.5, 0.6) is 0 Å². The van der Waals surface area contributed by atoms with E-state index in [-0.39, 0.29) is 5.91 Å². The maximum atomic E-state index is 11.2. The van der Waals surface area contributed by atoms with Crippen molar-refractivity contribution in [2.24, 2.45) is 5.41 Å². The topological polar surface area (TPSA) is 41.1 Å². The number of nitrogens with one attached hydrogen (secondary N) is 2. The number of carbonyl (C=O) groups excluding carboxylic acids is 1. The van der Waals surface area contributed by atoms with Crippen molar-refractivity contribution >= 4 is 40.4 Å². The molecule has 11 heavy (non-hydrogen) atoms. The number of thiocarbonyl (C=S) groups is 2. The smallest absolute Gasteiger partial charge is 0.238 e. The Morgan fingerprint density at radius 1 is 1.27 bits per heavy atom. The largest absolute Gasteiger partial charge is 0.326 e. The van der Waals surface area contributed by atoms with Gasteiger partial charge in [0.2, 0.25) is 5.91 Å². The number of carbonyl (C=O) groups is 1. The fourth-order valence-electron chi connectivity index (χ4n) is 0.653. The first-order valence-electron chi connectivity index (χ1n) is 3.11. The lowest BCUT2D eigenvalue weighted by Gasteiger charge is -2.30. The summed E-state index contributed by atoms with van der Waals surface area (Å²) in [5, 5.41) is 5.52. The van der Waals surface area contributed by atoms with Gasteiger partial charge in [0.15, 0.2) is 5.11 Å². The van der Waals surface area contributed by atoms with E-state index in [1.54, 1.807) is 13.8 Å². The van der Waals surface area contributed by atoms with Crippen LogP contribution in [0.15, 0.2) is 0 Å². The summed E-state index contributed by atoms with van der Waals surface area (Å²) >= 11 is 9.67. The summed E-state index contributed by atoms with van der Waals surface area (Å²) in [4.78, 5) is 11.7. The molecule has 0 radical (unpaired) electrons. The van der Waals surface area contributed by atoms with Gasteiger partial charge in [-0.15, -0.1) is 0 Å². The van der Waals surface area contributed by atoms with Gasteiger partial charge in [-0.2, -0.15) is 0 Å². The molecule has 1 saturated heterocycles. The zero-order valence-corrected chi connectivity index (χ0v) is 7.86. The van der Waals surface area contributed by atoms with E-state index < -0.39 is 5.41 Å². The average molecular weight is 188 g/mol. The maximum absolute atomic E-state index is 11.2. The Kier molecular flexibility index (Phi) is 1.94. The molecule has 5 heteroatoms. The number of hydrogen-bond acceptors (Lipinski definition) is 3. The minimum Gasteiger partial charge on any atom is -0.326 e. The van der Waals surface area contributed by atoms with E-state index in [4.69, 9.17) is 24.4 Å². The van der Waals surface area contributed by atoms with Crippen molar-refractivity contribution in [3.63, 3.8) is 0 Å². The Labute approximate surface area is 75.5 Å². The van der Waals surface area contributed by atoms with Crippen molar-refractivity contribution in [2.75, 3.05) is 0 Å². The molecule has 1 amide bonds. The molecular formula is C6H8N2OS2. The van der Waals surface area contributed by atoms with Crippen LogP contribution in [0.1, 0.15) is 13.8 Å². The van der Waals surface area contributed by atoms with E-state index in [1.807, 2.05) is 0 Å². The standard InChI is InChI=1S/C6H8N2OS2/c1-6(2)3(9)7-5(11)8-4(6)10/h1-2H3,(H2,7,8,9,10,11). The molecule has 1 heterocycles. The van der Waals surface area contributed by atoms with Gasteiger partial charge >= 0.3 is 0 Å². The van der Waals surface area contributed by atoms with Crippen LogP contribution in [-0.2, 0) is 4.79 Å². The Morgan fingerprint density at radius 2 is 1.82 bits per heavy atom. The molecule has 1 aliphatic heterocycles. The molecule has 0 aromatic rings. The summed E-state index contributed by atoms with van der Waals surface area (Å²) in [5.41, 5.74) is -0.641. The molecule has 1 aliphatic rings. The quantitative estimate of drug-likeness (QED) is 0.538. The molecule has 60 valence electrons. The number of hydrogen-bond donors (Lipinski definition) is 2. The van der Waals surface area contributed by atoms with Gasteiger partial charge in [0.1, 0.15) is 0 Å². The molecular weight excluding hydrogens is 180 g/mol. The van der Waals surface area contributed by atoms with E-state index in [1.165, 1.54) is 0 Å². The summed E-state index contributed by atoms with van der Waals surface area (Å²) in [7, 11) is 0. The fourth-order valence-corrected chi connectivity index (χ4v) is 1.11. The van der Waals surface area contributed by atoms with Crippen molar-refractivity contribution < 1.29 is 4.79 Å². The molecule has 2 N–H and O–H groups in total. The number of rotatable bonds is 0. The third-order valence-corrected chi connectivity index (χ3v) is 2.41. The van der Waals surface area contributed by atoms with Gasteiger partial charge in [0.05, 0.1) is 10.4 Å². The SMILES string of the molecule is CC1(C)C(=O)NC(=S)NC1=S. The fraction of sp³-hybridized carbons (Fsp3) is 0.500. The highest BCUT2D eigenvalue weighted by atomic mass is 32.1. The van der Waals surface area contributed by atoms with Crippen LogP contribution in [-0.4, -0.2) is 16.0 Å². The third-order valence-electron chi connectivity index (χ3n) is 1.59. The van der Waals surface area contributed by atoms with Gasteiger partial charge in [-0.25, -0.2) is 0 Å². The van der Waals surface area contributed by atoms with Crippen molar-refractivity contribution in [3.05, 3.63) is 0 Å². The second-order valence-electron chi connectivity index (χ2n) is 2.86. The minimum absolute atomic E-state index is 0.147. The molecule has 0 aromatic carbocycles. The van der Waals surface area contributed by atoms with E-state index in [9.17, 15) is 4.79 Å². The lowest BCUT2D eigenvalue weighted by atomic mass is 9.91. The molecule has 0 bridgehead atoms. The van der Waals surface area contributed by atoms with Gasteiger partial charge < -0.3 is 10.6 Å². The van der Waals surface area contributed by atoms with Crippen molar-refractivity contribution in [1.29, 1.82) is 0 Å². The predicted molar refractivity (Wildman–Crippen MR) is 50.3 cm³/mol. The third kappa shape index (κ3) is 1.39. The van der Waals surface area contributed by atoms with E-state index in [0.717, 1.165) is 0 Å². The molecule has 0 unspecified atom stereocenters. The van der Waals surface area contributed by atoms with Gasteiger partial charge in [0.25, 0.3) is 0 Å². The van der Waals surface area contributed by atoms with Crippen LogP contribution in [0.4, 0.5) is 0 Å². The first kappa shape index (κ1) is 8.55. The van der Waals surface area contributed by atoms with Crippen LogP contribution in [0.3, 0.4) is 0 Å². The van der Waals surface area contributed by atoms with Gasteiger partial charge in [-0.05, 0) is 26.1 Å². The summed E-state index contributed by atoms with van der Waals surface area (Å²) in [6.07, 6.45) is 0. The summed E-state index contributed by atoms with van der Waals surface area (Å²) < 4.78 is 0. The zero-order chi connectivity index (χ0) is 8.65. The molecule has 0 saturated carbocycles. The Balaban J connectivity index is 2.93. The highest BCUT2D eigenvalue weighted by Gasteiger charge is 2.37. The predicted octanol–water partition coefficient (Wildman–Crippen LogP) is 0.344. The van der Waals surface area contributed by atoms with Gasteiger partial charge in [0, 0.05) is 0 Å². The van der Waals surface area contributed by atoms with E-state index >= 15 is 0 Å². The molecule has 1 rings (SSSR count). The Morgan fingerprint density at radius 3 is 2.27 bits per heavy atom. The van der Waals surface area contributed by atoms with Gasteiger partial charge in [-0.3, -0.25) is 4.79 Å². The molecule has 0 atom stereocenters. The highest BCUT2D eigenvalue weighted by molar-refractivity contribution is 7.82. The van der Waals surface area contributed by atoms with E-state index in [0.29, 0.717) is 10.1 Å². The molecule has 0 aromatic heterocycles. The lowest BCUT2D eigenvalue weighted by Crippen LogP contribution is -2.59. The monoisotopic (exact) mass is 188 g/mol. The normalized spacial score (nSPS) is 22.5. The number of amides is 1. The molecule has 1 fully saturated rings. The second-order valence-corrected chi connectivity index (χ2v) is 3.68. The van der Waals surface area contributed by atoms with Crippen molar-refractivity contribution in [1.82, 2.24) is 10.6 Å². The van der Waals surface area contributed by atoms with E-state index in [2.05, 4.69) is 10.6 Å². The minimum atomic E-state index is -0.641. The van der Waals surface area contributed by atoms with Crippen molar-refractivity contribution in [3.8, 4) is 0 Å². The Bertz CT molecular complexity index is 225. The van der Waals surface area contributed by atoms with Crippen LogP contribution in [0, 0.1) is 5.41 Å². The van der Waals surface area contributed by atoms with Crippen LogP contribution >= 0.6 is 24.4 Å². The highest BCUT2D eigenvalue weighted by Crippen LogP contribution is 2.18. The average Bonchev–Trinajstić information content (AvgIpc) is 1.84. The first-order chi connectivity index (χ1) is 4.94. The molecule has 0 aliphatic carbocycles. The molecule has 0 spiro atoms. The van der Waals surface area contributed by atoms with Gasteiger partial charge in [-0.1, -0.05) is 12.2 Å². The van der Waals surface area contributed by atoms with Crippen LogP contribution < -0.4 is 10.6 Å². The van der Waals surface area contributed by atoms with Crippen molar-refractivity contribution in [2.45, 2.75) is 13.8 Å². The summed E-state index contributed by atoms with van der Waals surface area (Å²) in [6.45, 7) is 3.50. The summed E-state index contributed by atoms with van der Waals surface area (Å²) in [5.74, 6) is -0.147. The Hall–Kier alpha value is -0.550. The lowest BCUT2D eigenvalue weighted by molar-refractivity contribution is -0.125. The summed E-state index contributed by atoms with van der Waals surface area (Å²) in [6, 6.07) is 0. The first-order valence-corrected chi connectivity index (χ1v) is 3.93. The van der Waals surface area contributed by atoms with Crippen LogP contribution in [0.25, 0.3) is 0 Å². The van der Waals surface area contributed by atoms with Crippen LogP contribution in [0.2, 0.25) is 0 Å².